The highest BCUT2D eigenvalue weighted by Crippen LogP contribution is 2.26. The summed E-state index contributed by atoms with van der Waals surface area (Å²) in [4.78, 5) is 3.97. The Morgan fingerprint density at radius 1 is 1.47 bits per heavy atom. The van der Waals surface area contributed by atoms with E-state index in [0.717, 1.165) is 5.69 Å². The molecule has 0 fully saturated rings. The standard InChI is InChI=1S/C12H13BrF2N4/c1-19-6-17-5-11(19)10(18-16)4-7-9(14)3-2-8(13)12(7)15/h2-3,5-6,10,18H,4,16H2,1H3. The Labute approximate surface area is 117 Å². The minimum atomic E-state index is -0.609. The van der Waals surface area contributed by atoms with Gasteiger partial charge in [0, 0.05) is 25.2 Å². The van der Waals surface area contributed by atoms with Crippen molar-refractivity contribution in [1.82, 2.24) is 15.0 Å². The number of hydrazine groups is 1. The van der Waals surface area contributed by atoms with Crippen LogP contribution in [0, 0.1) is 11.6 Å². The maximum Gasteiger partial charge on any atom is 0.143 e. The molecule has 19 heavy (non-hydrogen) atoms. The smallest absolute Gasteiger partial charge is 0.143 e. The summed E-state index contributed by atoms with van der Waals surface area (Å²) >= 11 is 3.04. The number of rotatable bonds is 4. The van der Waals surface area contributed by atoms with E-state index < -0.39 is 17.7 Å². The lowest BCUT2D eigenvalue weighted by molar-refractivity contribution is 0.482. The highest BCUT2D eigenvalue weighted by atomic mass is 79.9. The summed E-state index contributed by atoms with van der Waals surface area (Å²) in [6.45, 7) is 0. The zero-order valence-corrected chi connectivity index (χ0v) is 11.8. The van der Waals surface area contributed by atoms with Crippen LogP contribution in [0.4, 0.5) is 8.78 Å². The predicted octanol–water partition coefficient (Wildman–Crippen LogP) is 2.21. The number of benzene rings is 1. The van der Waals surface area contributed by atoms with E-state index in [1.54, 1.807) is 24.1 Å². The van der Waals surface area contributed by atoms with Gasteiger partial charge < -0.3 is 4.57 Å². The molecule has 0 aliphatic rings. The van der Waals surface area contributed by atoms with Crippen molar-refractivity contribution in [3.05, 3.63) is 52.0 Å². The molecule has 4 nitrogen and oxygen atoms in total. The number of nitrogens with two attached hydrogens (primary N) is 1. The largest absolute Gasteiger partial charge is 0.336 e. The van der Waals surface area contributed by atoms with Gasteiger partial charge in [0.05, 0.1) is 22.5 Å². The van der Waals surface area contributed by atoms with Crippen molar-refractivity contribution in [2.24, 2.45) is 12.9 Å². The van der Waals surface area contributed by atoms with E-state index in [0.29, 0.717) is 0 Å². The van der Waals surface area contributed by atoms with Crippen LogP contribution in [0.15, 0.2) is 29.1 Å². The number of nitrogens with one attached hydrogen (secondary N) is 1. The highest BCUT2D eigenvalue weighted by Gasteiger charge is 2.20. The fourth-order valence-corrected chi connectivity index (χ4v) is 2.28. The second kappa shape index (κ2) is 5.77. The van der Waals surface area contributed by atoms with Crippen LogP contribution < -0.4 is 11.3 Å². The van der Waals surface area contributed by atoms with Crippen molar-refractivity contribution in [2.45, 2.75) is 12.5 Å². The third kappa shape index (κ3) is 2.83. The van der Waals surface area contributed by atoms with Gasteiger partial charge in [0.25, 0.3) is 0 Å². The van der Waals surface area contributed by atoms with Gasteiger partial charge in [-0.05, 0) is 28.1 Å². The summed E-state index contributed by atoms with van der Waals surface area (Å²) in [6, 6.07) is 2.13. The molecule has 102 valence electrons. The van der Waals surface area contributed by atoms with Crippen LogP contribution in [0.2, 0.25) is 0 Å². The van der Waals surface area contributed by atoms with Gasteiger partial charge in [-0.2, -0.15) is 0 Å². The van der Waals surface area contributed by atoms with Crippen molar-refractivity contribution in [3.8, 4) is 0 Å². The average molecular weight is 331 g/mol. The van der Waals surface area contributed by atoms with E-state index in [4.69, 9.17) is 5.84 Å². The molecule has 0 aliphatic heterocycles. The van der Waals surface area contributed by atoms with Crippen molar-refractivity contribution >= 4 is 15.9 Å². The molecule has 3 N–H and O–H groups in total. The molecule has 1 aromatic carbocycles. The first-order valence-electron chi connectivity index (χ1n) is 5.59. The van der Waals surface area contributed by atoms with Crippen molar-refractivity contribution in [3.63, 3.8) is 0 Å². The van der Waals surface area contributed by atoms with Gasteiger partial charge in [0.1, 0.15) is 11.6 Å². The Morgan fingerprint density at radius 3 is 2.79 bits per heavy atom. The lowest BCUT2D eigenvalue weighted by atomic mass is 10.0. The van der Waals surface area contributed by atoms with Crippen molar-refractivity contribution in [1.29, 1.82) is 0 Å². The Hall–Kier alpha value is -1.31. The third-order valence-corrected chi connectivity index (χ3v) is 3.57. The Balaban J connectivity index is 2.34. The van der Waals surface area contributed by atoms with Gasteiger partial charge in [-0.25, -0.2) is 13.8 Å². The number of hydrogen-bond acceptors (Lipinski definition) is 3. The normalized spacial score (nSPS) is 12.7. The highest BCUT2D eigenvalue weighted by molar-refractivity contribution is 9.10. The maximum atomic E-state index is 13.9. The van der Waals surface area contributed by atoms with E-state index >= 15 is 0 Å². The molecule has 0 aliphatic carbocycles. The SMILES string of the molecule is Cn1cncc1C(Cc1c(F)ccc(Br)c1F)NN. The number of aryl methyl sites for hydroxylation is 1. The minimum absolute atomic E-state index is 0.0153. The third-order valence-electron chi connectivity index (χ3n) is 2.96. The molecule has 7 heteroatoms. The number of halogens is 3. The van der Waals surface area contributed by atoms with Crippen LogP contribution in [0.1, 0.15) is 17.3 Å². The van der Waals surface area contributed by atoms with E-state index in [2.05, 4.69) is 26.3 Å². The van der Waals surface area contributed by atoms with E-state index in [1.165, 1.54) is 12.1 Å². The van der Waals surface area contributed by atoms with Crippen LogP contribution in [0.3, 0.4) is 0 Å². The van der Waals surface area contributed by atoms with Gasteiger partial charge in [-0.15, -0.1) is 0 Å². The monoisotopic (exact) mass is 330 g/mol. The predicted molar refractivity (Wildman–Crippen MR) is 71.0 cm³/mol. The van der Waals surface area contributed by atoms with Crippen LogP contribution in [-0.4, -0.2) is 9.55 Å². The summed E-state index contributed by atoms with van der Waals surface area (Å²) < 4.78 is 29.6. The topological polar surface area (TPSA) is 55.9 Å². The molecule has 1 unspecified atom stereocenters. The Morgan fingerprint density at radius 2 is 2.21 bits per heavy atom. The van der Waals surface area contributed by atoms with Gasteiger partial charge in [0.2, 0.25) is 0 Å². The first-order chi connectivity index (χ1) is 9.04. The molecule has 0 bridgehead atoms. The lowest BCUT2D eigenvalue weighted by Crippen LogP contribution is -2.31. The van der Waals surface area contributed by atoms with Crippen LogP contribution in [-0.2, 0) is 13.5 Å². The van der Waals surface area contributed by atoms with E-state index in [-0.39, 0.29) is 16.5 Å². The van der Waals surface area contributed by atoms with Gasteiger partial charge in [-0.1, -0.05) is 0 Å². The van der Waals surface area contributed by atoms with Crippen LogP contribution >= 0.6 is 15.9 Å². The average Bonchev–Trinajstić information content (AvgIpc) is 2.81. The first-order valence-corrected chi connectivity index (χ1v) is 6.38. The van der Waals surface area contributed by atoms with E-state index in [1.807, 2.05) is 0 Å². The number of aromatic nitrogens is 2. The Kier molecular flexibility index (Phi) is 4.28. The fourth-order valence-electron chi connectivity index (χ4n) is 1.91. The summed E-state index contributed by atoms with van der Waals surface area (Å²) in [5, 5.41) is 0. The second-order valence-corrected chi connectivity index (χ2v) is 5.03. The second-order valence-electron chi connectivity index (χ2n) is 4.17. The number of hydrogen-bond donors (Lipinski definition) is 2. The molecule has 0 saturated heterocycles. The molecule has 2 aromatic rings. The Bertz CT molecular complexity index is 585. The maximum absolute atomic E-state index is 13.9. The molecular weight excluding hydrogens is 318 g/mol. The zero-order valence-electron chi connectivity index (χ0n) is 10.2. The summed E-state index contributed by atoms with van der Waals surface area (Å²) in [7, 11) is 1.79. The molecule has 0 radical (unpaired) electrons. The zero-order chi connectivity index (χ0) is 14.0. The minimum Gasteiger partial charge on any atom is -0.336 e. The van der Waals surface area contributed by atoms with Crippen molar-refractivity contribution < 1.29 is 8.78 Å². The van der Waals surface area contributed by atoms with Crippen molar-refractivity contribution in [2.75, 3.05) is 0 Å². The molecular formula is C12H13BrF2N4. The molecule has 0 amide bonds. The molecule has 1 atom stereocenters. The molecule has 1 heterocycles. The van der Waals surface area contributed by atoms with E-state index in [9.17, 15) is 8.78 Å². The van der Waals surface area contributed by atoms with Gasteiger partial charge in [-0.3, -0.25) is 11.3 Å². The number of nitrogens with zero attached hydrogens (tertiary/aromatic N) is 2. The van der Waals surface area contributed by atoms with Gasteiger partial charge >= 0.3 is 0 Å². The fraction of sp³-hybridized carbons (Fsp3) is 0.250. The first kappa shape index (κ1) is 14.1. The van der Waals surface area contributed by atoms with Crippen LogP contribution in [0.5, 0.6) is 0 Å². The lowest BCUT2D eigenvalue weighted by Gasteiger charge is -2.17. The quantitative estimate of drug-likeness (QED) is 0.513. The summed E-state index contributed by atoms with van der Waals surface area (Å²) in [5.41, 5.74) is 3.29. The summed E-state index contributed by atoms with van der Waals surface area (Å²) in [6.07, 6.45) is 3.30. The summed E-state index contributed by atoms with van der Waals surface area (Å²) in [5.74, 6) is 4.27. The molecule has 0 spiro atoms. The number of imidazole rings is 1. The van der Waals surface area contributed by atoms with Crippen LogP contribution in [0.25, 0.3) is 0 Å². The molecule has 0 saturated carbocycles. The van der Waals surface area contributed by atoms with Gasteiger partial charge in [0.15, 0.2) is 0 Å². The molecule has 1 aromatic heterocycles. The molecule has 2 rings (SSSR count).